The summed E-state index contributed by atoms with van der Waals surface area (Å²) in [6, 6.07) is 6.71. The van der Waals surface area contributed by atoms with Crippen LogP contribution in [0.2, 0.25) is 0 Å². The van der Waals surface area contributed by atoms with E-state index in [1.54, 1.807) is 0 Å². The average Bonchev–Trinajstić information content (AvgIpc) is 2.75. The summed E-state index contributed by atoms with van der Waals surface area (Å²) in [5, 5.41) is 7.79. The van der Waals surface area contributed by atoms with E-state index in [1.807, 2.05) is 11.9 Å². The van der Waals surface area contributed by atoms with Crippen LogP contribution in [0.4, 0.5) is 11.7 Å². The summed E-state index contributed by atoms with van der Waals surface area (Å²) in [5.74, 6) is 0.441. The molecular weight excluding hydrogens is 216 g/mol. The molecule has 0 aliphatic carbocycles. The predicted molar refractivity (Wildman–Crippen MR) is 66.2 cm³/mol. The Morgan fingerprint density at radius 3 is 2.35 bits per heavy atom. The van der Waals surface area contributed by atoms with Gasteiger partial charge >= 0.3 is 6.01 Å². The Balaban J connectivity index is 2.32. The van der Waals surface area contributed by atoms with E-state index in [-0.39, 0.29) is 6.54 Å². The molecule has 5 nitrogen and oxygen atoms in total. The van der Waals surface area contributed by atoms with Gasteiger partial charge in [-0.05, 0) is 37.1 Å². The normalized spacial score (nSPS) is 10.6. The van der Waals surface area contributed by atoms with Crippen LogP contribution in [0.3, 0.4) is 0 Å². The highest BCUT2D eigenvalue weighted by molar-refractivity contribution is 5.57. The molecule has 90 valence electrons. The van der Waals surface area contributed by atoms with Crippen molar-refractivity contribution >= 4 is 11.7 Å². The van der Waals surface area contributed by atoms with Gasteiger partial charge < -0.3 is 10.2 Å². The molecule has 0 aliphatic heterocycles. The van der Waals surface area contributed by atoms with Crippen LogP contribution in [-0.4, -0.2) is 17.2 Å². The molecule has 2 N–H and O–H groups in total. The first-order chi connectivity index (χ1) is 8.10. The van der Waals surface area contributed by atoms with E-state index in [0.29, 0.717) is 11.9 Å². The molecule has 1 aromatic carbocycles. The lowest BCUT2D eigenvalue weighted by atomic mass is 10.1. The van der Waals surface area contributed by atoms with Crippen molar-refractivity contribution in [3.8, 4) is 0 Å². The number of hydrogen-bond donors (Lipinski definition) is 1. The Morgan fingerprint density at radius 1 is 1.18 bits per heavy atom. The van der Waals surface area contributed by atoms with Crippen LogP contribution in [0.25, 0.3) is 0 Å². The first-order valence-electron chi connectivity index (χ1n) is 5.44. The SMILES string of the molecule is Cc1cc(C)cc(N(C)c2nnc(CN)o2)c1. The topological polar surface area (TPSA) is 68.2 Å². The lowest BCUT2D eigenvalue weighted by Gasteiger charge is -2.15. The number of benzene rings is 1. The van der Waals surface area contributed by atoms with Gasteiger partial charge in [-0.3, -0.25) is 4.90 Å². The molecule has 0 aliphatic rings. The van der Waals surface area contributed by atoms with Crippen molar-refractivity contribution in [3.63, 3.8) is 0 Å². The van der Waals surface area contributed by atoms with E-state index >= 15 is 0 Å². The smallest absolute Gasteiger partial charge is 0.322 e. The van der Waals surface area contributed by atoms with Gasteiger partial charge in [-0.25, -0.2) is 0 Å². The van der Waals surface area contributed by atoms with Crippen molar-refractivity contribution in [1.29, 1.82) is 0 Å². The Kier molecular flexibility index (Phi) is 3.10. The maximum absolute atomic E-state index is 5.44. The van der Waals surface area contributed by atoms with Crippen LogP contribution in [-0.2, 0) is 6.54 Å². The minimum absolute atomic E-state index is 0.258. The van der Waals surface area contributed by atoms with E-state index in [2.05, 4.69) is 42.2 Å². The monoisotopic (exact) mass is 232 g/mol. The molecular formula is C12H16N4O. The molecule has 0 radical (unpaired) electrons. The standard InChI is InChI=1S/C12H16N4O/c1-8-4-9(2)6-10(5-8)16(3)12-15-14-11(7-13)17-12/h4-6H,7,13H2,1-3H3. The van der Waals surface area contributed by atoms with Crippen LogP contribution in [0.1, 0.15) is 17.0 Å². The second-order valence-electron chi connectivity index (χ2n) is 4.09. The van der Waals surface area contributed by atoms with Crippen molar-refractivity contribution in [2.24, 2.45) is 5.73 Å². The van der Waals surface area contributed by atoms with Crippen molar-refractivity contribution in [2.75, 3.05) is 11.9 Å². The molecule has 0 fully saturated rings. The van der Waals surface area contributed by atoms with Crippen LogP contribution in [0.15, 0.2) is 22.6 Å². The fourth-order valence-corrected chi connectivity index (χ4v) is 1.72. The molecule has 2 rings (SSSR count). The highest BCUT2D eigenvalue weighted by atomic mass is 16.4. The summed E-state index contributed by atoms with van der Waals surface area (Å²) in [6.07, 6.45) is 0. The summed E-state index contributed by atoms with van der Waals surface area (Å²) in [7, 11) is 1.89. The van der Waals surface area contributed by atoms with Gasteiger partial charge in [-0.15, -0.1) is 5.10 Å². The molecule has 0 atom stereocenters. The number of anilines is 2. The minimum Gasteiger partial charge on any atom is -0.406 e. The van der Waals surface area contributed by atoms with E-state index in [0.717, 1.165) is 5.69 Å². The molecule has 0 bridgehead atoms. The summed E-state index contributed by atoms with van der Waals surface area (Å²) < 4.78 is 5.41. The van der Waals surface area contributed by atoms with Gasteiger partial charge in [0.15, 0.2) is 0 Å². The Morgan fingerprint density at radius 2 is 1.82 bits per heavy atom. The van der Waals surface area contributed by atoms with Gasteiger partial charge in [0.2, 0.25) is 5.89 Å². The molecule has 0 amide bonds. The zero-order chi connectivity index (χ0) is 12.4. The predicted octanol–water partition coefficient (Wildman–Crippen LogP) is 1.91. The van der Waals surface area contributed by atoms with E-state index in [1.165, 1.54) is 11.1 Å². The largest absolute Gasteiger partial charge is 0.406 e. The van der Waals surface area contributed by atoms with Crippen molar-refractivity contribution in [3.05, 3.63) is 35.2 Å². The number of hydrogen-bond acceptors (Lipinski definition) is 5. The number of nitrogens with zero attached hydrogens (tertiary/aromatic N) is 3. The maximum atomic E-state index is 5.44. The second-order valence-corrected chi connectivity index (χ2v) is 4.09. The number of aromatic nitrogens is 2. The lowest BCUT2D eigenvalue weighted by Crippen LogP contribution is -2.10. The summed E-state index contributed by atoms with van der Waals surface area (Å²) >= 11 is 0. The first-order valence-corrected chi connectivity index (χ1v) is 5.44. The Hall–Kier alpha value is -1.88. The lowest BCUT2D eigenvalue weighted by molar-refractivity contribution is 0.500. The van der Waals surface area contributed by atoms with E-state index in [9.17, 15) is 0 Å². The van der Waals surface area contributed by atoms with Crippen molar-refractivity contribution < 1.29 is 4.42 Å². The van der Waals surface area contributed by atoms with Gasteiger partial charge in [0.1, 0.15) is 0 Å². The zero-order valence-corrected chi connectivity index (χ0v) is 10.3. The number of nitrogens with two attached hydrogens (primary N) is 1. The van der Waals surface area contributed by atoms with Gasteiger partial charge in [-0.1, -0.05) is 11.2 Å². The van der Waals surface area contributed by atoms with Gasteiger partial charge in [0.25, 0.3) is 0 Å². The molecule has 1 heterocycles. The molecule has 17 heavy (non-hydrogen) atoms. The number of rotatable bonds is 3. The van der Waals surface area contributed by atoms with E-state index in [4.69, 9.17) is 10.2 Å². The first kappa shape index (κ1) is 11.6. The molecule has 2 aromatic rings. The summed E-state index contributed by atoms with van der Waals surface area (Å²) in [4.78, 5) is 1.85. The fraction of sp³-hybridized carbons (Fsp3) is 0.333. The second kappa shape index (κ2) is 4.55. The highest BCUT2D eigenvalue weighted by Crippen LogP contribution is 2.24. The third-order valence-corrected chi connectivity index (χ3v) is 2.51. The van der Waals surface area contributed by atoms with Gasteiger partial charge in [-0.2, -0.15) is 0 Å². The molecule has 0 unspecified atom stereocenters. The quantitative estimate of drug-likeness (QED) is 0.875. The summed E-state index contributed by atoms with van der Waals surface area (Å²) in [5.41, 5.74) is 8.86. The molecule has 0 spiro atoms. The zero-order valence-electron chi connectivity index (χ0n) is 10.3. The molecule has 0 saturated carbocycles. The van der Waals surface area contributed by atoms with Crippen LogP contribution >= 0.6 is 0 Å². The molecule has 0 saturated heterocycles. The van der Waals surface area contributed by atoms with Crippen LogP contribution in [0.5, 0.6) is 0 Å². The van der Waals surface area contributed by atoms with Gasteiger partial charge in [0, 0.05) is 12.7 Å². The average molecular weight is 232 g/mol. The maximum Gasteiger partial charge on any atom is 0.322 e. The van der Waals surface area contributed by atoms with E-state index < -0.39 is 0 Å². The van der Waals surface area contributed by atoms with Crippen molar-refractivity contribution in [2.45, 2.75) is 20.4 Å². The Labute approximate surface area is 100 Å². The number of aryl methyl sites for hydroxylation is 2. The highest BCUT2D eigenvalue weighted by Gasteiger charge is 2.12. The minimum atomic E-state index is 0.258. The summed E-state index contributed by atoms with van der Waals surface area (Å²) in [6.45, 7) is 4.38. The third kappa shape index (κ3) is 2.45. The Bertz CT molecular complexity index is 501. The van der Waals surface area contributed by atoms with Gasteiger partial charge in [0.05, 0.1) is 6.54 Å². The fourth-order valence-electron chi connectivity index (χ4n) is 1.72. The van der Waals surface area contributed by atoms with Crippen LogP contribution in [0, 0.1) is 13.8 Å². The molecule has 1 aromatic heterocycles. The van der Waals surface area contributed by atoms with Crippen molar-refractivity contribution in [1.82, 2.24) is 10.2 Å². The third-order valence-electron chi connectivity index (χ3n) is 2.51. The molecule has 5 heteroatoms. The van der Waals surface area contributed by atoms with Crippen LogP contribution < -0.4 is 10.6 Å².